The van der Waals surface area contributed by atoms with E-state index in [0.717, 1.165) is 48.3 Å². The minimum absolute atomic E-state index is 0.0165. The van der Waals surface area contributed by atoms with Gasteiger partial charge in [0.2, 0.25) is 5.91 Å². The van der Waals surface area contributed by atoms with Gasteiger partial charge in [-0.25, -0.2) is 4.68 Å². The number of likely N-dealkylation sites (tertiary alicyclic amines) is 2. The van der Waals surface area contributed by atoms with Crippen LogP contribution in [0.5, 0.6) is 0 Å². The molecule has 2 fully saturated rings. The summed E-state index contributed by atoms with van der Waals surface area (Å²) in [6.07, 6.45) is 7.65. The third kappa shape index (κ3) is 4.76. The molecule has 3 aromatic rings. The van der Waals surface area contributed by atoms with Gasteiger partial charge in [0.15, 0.2) is 0 Å². The first-order chi connectivity index (χ1) is 16.9. The second-order valence-electron chi connectivity index (χ2n) is 9.95. The van der Waals surface area contributed by atoms with Crippen molar-refractivity contribution in [1.82, 2.24) is 24.1 Å². The fraction of sp³-hybridized carbons (Fsp3) is 0.519. The van der Waals surface area contributed by atoms with E-state index >= 15 is 0 Å². The number of aromatic nitrogens is 3. The summed E-state index contributed by atoms with van der Waals surface area (Å²) < 4.78 is 3.43. The Labute approximate surface area is 211 Å². The summed E-state index contributed by atoms with van der Waals surface area (Å²) in [7, 11) is 0. The Morgan fingerprint density at radius 1 is 1.03 bits per heavy atom. The lowest BCUT2D eigenvalue weighted by Gasteiger charge is -2.40. The van der Waals surface area contributed by atoms with E-state index in [1.165, 1.54) is 37.0 Å². The molecule has 2 aliphatic rings. The fourth-order valence-electron chi connectivity index (χ4n) is 5.78. The normalized spacial score (nSPS) is 17.9. The summed E-state index contributed by atoms with van der Waals surface area (Å²) in [6.45, 7) is 8.39. The van der Waals surface area contributed by atoms with Crippen LogP contribution >= 0.6 is 11.6 Å². The third-order valence-corrected chi connectivity index (χ3v) is 8.27. The van der Waals surface area contributed by atoms with Gasteiger partial charge in [-0.2, -0.15) is 5.10 Å². The number of carbonyl (C=O) groups excluding carboxylic acids is 1. The molecule has 0 bridgehead atoms. The molecule has 1 aromatic carbocycles. The lowest BCUT2D eigenvalue weighted by Crippen LogP contribution is -2.49. The number of halogens is 1. The largest absolute Gasteiger partial charge is 0.343 e. The van der Waals surface area contributed by atoms with Gasteiger partial charge in [0.05, 0.1) is 11.6 Å². The van der Waals surface area contributed by atoms with Crippen LogP contribution in [0, 0.1) is 13.8 Å². The molecule has 2 saturated heterocycles. The monoisotopic (exact) mass is 495 g/mol. The quantitative estimate of drug-likeness (QED) is 0.537. The van der Waals surface area contributed by atoms with Gasteiger partial charge in [-0.15, -0.1) is 0 Å². The summed E-state index contributed by atoms with van der Waals surface area (Å²) >= 11 is 6.38. The van der Waals surface area contributed by atoms with E-state index < -0.39 is 0 Å². The summed E-state index contributed by atoms with van der Waals surface area (Å²) in [6, 6.07) is 8.33. The number of fused-ring (bicyclic) bond motifs is 1. The van der Waals surface area contributed by atoms with Gasteiger partial charge in [0, 0.05) is 47.5 Å². The number of nitrogens with zero attached hydrogens (tertiary/aromatic N) is 5. The summed E-state index contributed by atoms with van der Waals surface area (Å²) in [5.41, 5.74) is 2.63. The molecule has 0 aliphatic carbocycles. The zero-order valence-corrected chi connectivity index (χ0v) is 21.4. The van der Waals surface area contributed by atoms with Crippen molar-refractivity contribution in [3.8, 4) is 0 Å². The van der Waals surface area contributed by atoms with Gasteiger partial charge in [0.1, 0.15) is 6.54 Å². The first kappa shape index (κ1) is 24.1. The second kappa shape index (κ2) is 10.2. The lowest BCUT2D eigenvalue weighted by atomic mass is 10.00. The molecule has 1 amide bonds. The Kier molecular flexibility index (Phi) is 6.98. The molecular weight excluding hydrogens is 462 g/mol. The number of carbonyl (C=O) groups is 1. The van der Waals surface area contributed by atoms with Crippen molar-refractivity contribution in [2.75, 3.05) is 26.2 Å². The van der Waals surface area contributed by atoms with Crippen LogP contribution < -0.4 is 5.56 Å². The highest BCUT2D eigenvalue weighted by Crippen LogP contribution is 2.25. The van der Waals surface area contributed by atoms with Crippen molar-refractivity contribution in [3.63, 3.8) is 0 Å². The van der Waals surface area contributed by atoms with Crippen molar-refractivity contribution < 1.29 is 4.79 Å². The topological polar surface area (TPSA) is 63.4 Å². The van der Waals surface area contributed by atoms with Crippen molar-refractivity contribution in [2.45, 2.75) is 65.1 Å². The summed E-state index contributed by atoms with van der Waals surface area (Å²) in [5.74, 6) is -0.0269. The summed E-state index contributed by atoms with van der Waals surface area (Å²) in [4.78, 5) is 31.0. The molecule has 2 aromatic heterocycles. The molecule has 0 N–H and O–H groups in total. The maximum absolute atomic E-state index is 13.4. The van der Waals surface area contributed by atoms with Crippen LogP contribution in [0.15, 0.2) is 35.3 Å². The molecule has 0 saturated carbocycles. The van der Waals surface area contributed by atoms with Gasteiger partial charge in [-0.05, 0) is 64.3 Å². The number of piperidine rings is 2. The van der Waals surface area contributed by atoms with E-state index in [4.69, 9.17) is 11.6 Å². The number of hydrogen-bond acceptors (Lipinski definition) is 4. The van der Waals surface area contributed by atoms with Crippen molar-refractivity contribution in [1.29, 1.82) is 0 Å². The van der Waals surface area contributed by atoms with Crippen LogP contribution in [-0.2, 0) is 17.9 Å². The minimum Gasteiger partial charge on any atom is -0.343 e. The highest BCUT2D eigenvalue weighted by molar-refractivity contribution is 6.31. The molecule has 0 radical (unpaired) electrons. The zero-order valence-electron chi connectivity index (χ0n) is 20.7. The van der Waals surface area contributed by atoms with Gasteiger partial charge >= 0.3 is 0 Å². The molecule has 0 atom stereocenters. The molecule has 0 spiro atoms. The Morgan fingerprint density at radius 3 is 2.46 bits per heavy atom. The average molecular weight is 496 g/mol. The van der Waals surface area contributed by atoms with Gasteiger partial charge in [-0.1, -0.05) is 36.2 Å². The molecule has 35 heavy (non-hydrogen) atoms. The van der Waals surface area contributed by atoms with Crippen LogP contribution in [0.2, 0.25) is 5.02 Å². The van der Waals surface area contributed by atoms with Crippen molar-refractivity contribution in [2.24, 2.45) is 0 Å². The van der Waals surface area contributed by atoms with Gasteiger partial charge in [-0.3, -0.25) is 9.59 Å². The highest BCUT2D eigenvalue weighted by atomic mass is 35.5. The predicted octanol–water partition coefficient (Wildman–Crippen LogP) is 3.99. The Balaban J connectivity index is 1.32. The molecule has 4 heterocycles. The van der Waals surface area contributed by atoms with E-state index in [1.807, 2.05) is 43.0 Å². The molecule has 186 valence electrons. The first-order valence-corrected chi connectivity index (χ1v) is 13.1. The van der Waals surface area contributed by atoms with Crippen LogP contribution in [0.3, 0.4) is 0 Å². The number of amides is 1. The van der Waals surface area contributed by atoms with Crippen LogP contribution in [0.1, 0.15) is 49.1 Å². The Hall–Kier alpha value is -2.64. The molecule has 2 aliphatic heterocycles. The number of hydrogen-bond donors (Lipinski definition) is 0. The average Bonchev–Trinajstić information content (AvgIpc) is 3.12. The number of benzene rings is 1. The Bertz CT molecular complexity index is 1280. The second-order valence-corrected chi connectivity index (χ2v) is 10.4. The van der Waals surface area contributed by atoms with E-state index in [9.17, 15) is 9.59 Å². The van der Waals surface area contributed by atoms with Gasteiger partial charge < -0.3 is 14.4 Å². The first-order valence-electron chi connectivity index (χ1n) is 12.7. The lowest BCUT2D eigenvalue weighted by molar-refractivity contribution is -0.133. The number of rotatable bonds is 5. The van der Waals surface area contributed by atoms with Gasteiger partial charge in [0.25, 0.3) is 5.56 Å². The third-order valence-electron chi connectivity index (χ3n) is 7.90. The van der Waals surface area contributed by atoms with Crippen LogP contribution in [-0.4, -0.2) is 62.3 Å². The van der Waals surface area contributed by atoms with E-state index in [1.54, 1.807) is 6.20 Å². The van der Waals surface area contributed by atoms with Crippen LogP contribution in [0.25, 0.3) is 10.8 Å². The number of aryl methyl sites for hydroxylation is 2. The minimum atomic E-state index is -0.211. The SMILES string of the molecule is Cc1c2cnn(CC(=O)N3CCC(N4CCCCC4)CC3)c(=O)c2c(C)n1Cc1ccccc1Cl. The fourth-order valence-corrected chi connectivity index (χ4v) is 5.98. The maximum atomic E-state index is 13.4. The van der Waals surface area contributed by atoms with E-state index in [2.05, 4.69) is 14.6 Å². The maximum Gasteiger partial charge on any atom is 0.276 e. The van der Waals surface area contributed by atoms with Crippen LogP contribution in [0.4, 0.5) is 0 Å². The standard InChI is InChI=1S/C27H34ClN5O2/c1-19-23-16-29-33(18-25(34)31-14-10-22(11-15-31)30-12-6-3-7-13-30)27(35)26(23)20(2)32(19)17-21-8-4-5-9-24(21)28/h4-5,8-9,16,22H,3,6-7,10-15,17-18H2,1-2H3. The van der Waals surface area contributed by atoms with E-state index in [-0.39, 0.29) is 18.0 Å². The molecule has 0 unspecified atom stereocenters. The molecular formula is C27H34ClN5O2. The molecule has 5 rings (SSSR count). The Morgan fingerprint density at radius 2 is 1.74 bits per heavy atom. The van der Waals surface area contributed by atoms with Crippen molar-refractivity contribution >= 4 is 28.3 Å². The van der Waals surface area contributed by atoms with Crippen molar-refractivity contribution in [3.05, 3.63) is 62.8 Å². The predicted molar refractivity (Wildman–Crippen MR) is 139 cm³/mol. The zero-order chi connectivity index (χ0) is 24.5. The molecule has 7 nitrogen and oxygen atoms in total. The highest BCUT2D eigenvalue weighted by Gasteiger charge is 2.28. The smallest absolute Gasteiger partial charge is 0.276 e. The summed E-state index contributed by atoms with van der Waals surface area (Å²) in [5, 5.41) is 6.53. The molecule has 8 heteroatoms. The van der Waals surface area contributed by atoms with E-state index in [0.29, 0.717) is 23.0 Å².